The SMILES string of the molecule is O=C(CCc1cnn(-c2ccccc2)c1)C1CCCC1. The Kier molecular flexibility index (Phi) is 3.95. The molecule has 0 atom stereocenters. The third-order valence-electron chi connectivity index (χ3n) is 4.13. The fraction of sp³-hybridized carbons (Fsp3) is 0.412. The van der Waals surface area contributed by atoms with E-state index in [1.54, 1.807) is 0 Å². The molecule has 0 amide bonds. The van der Waals surface area contributed by atoms with Crippen LogP contribution in [0.15, 0.2) is 42.7 Å². The summed E-state index contributed by atoms with van der Waals surface area (Å²) in [6.07, 6.45) is 10.0. The lowest BCUT2D eigenvalue weighted by atomic mass is 9.98. The van der Waals surface area contributed by atoms with Gasteiger partial charge in [0.05, 0.1) is 11.9 Å². The molecule has 0 N–H and O–H groups in total. The van der Waals surface area contributed by atoms with Gasteiger partial charge < -0.3 is 0 Å². The highest BCUT2D eigenvalue weighted by Gasteiger charge is 2.22. The summed E-state index contributed by atoms with van der Waals surface area (Å²) in [5.74, 6) is 0.772. The van der Waals surface area contributed by atoms with Crippen molar-refractivity contribution in [3.05, 3.63) is 48.3 Å². The molecular weight excluding hydrogens is 248 g/mol. The largest absolute Gasteiger partial charge is 0.299 e. The molecular formula is C17H20N2O. The lowest BCUT2D eigenvalue weighted by Gasteiger charge is -2.06. The number of carbonyl (C=O) groups excluding carboxylic acids is 1. The first kappa shape index (κ1) is 13.1. The van der Waals surface area contributed by atoms with Crippen molar-refractivity contribution in [2.24, 2.45) is 5.92 Å². The Bertz CT molecular complexity index is 568. The molecule has 20 heavy (non-hydrogen) atoms. The highest BCUT2D eigenvalue weighted by molar-refractivity contribution is 5.81. The number of hydrogen-bond acceptors (Lipinski definition) is 2. The Labute approximate surface area is 119 Å². The fourth-order valence-electron chi connectivity index (χ4n) is 2.93. The summed E-state index contributed by atoms with van der Waals surface area (Å²) in [7, 11) is 0. The number of para-hydroxylation sites is 1. The van der Waals surface area contributed by atoms with Gasteiger partial charge in [0.25, 0.3) is 0 Å². The number of nitrogens with zero attached hydrogens (tertiary/aromatic N) is 2. The van der Waals surface area contributed by atoms with E-state index in [1.807, 2.05) is 47.4 Å². The van der Waals surface area contributed by atoms with Crippen LogP contribution in [-0.4, -0.2) is 15.6 Å². The number of carbonyl (C=O) groups is 1. The van der Waals surface area contributed by atoms with Crippen LogP contribution >= 0.6 is 0 Å². The molecule has 0 radical (unpaired) electrons. The minimum absolute atomic E-state index is 0.333. The van der Waals surface area contributed by atoms with Crippen LogP contribution in [0.5, 0.6) is 0 Å². The molecule has 3 rings (SSSR count). The van der Waals surface area contributed by atoms with Crippen LogP contribution in [0.3, 0.4) is 0 Å². The van der Waals surface area contributed by atoms with Gasteiger partial charge in [0.1, 0.15) is 5.78 Å². The summed E-state index contributed by atoms with van der Waals surface area (Å²) >= 11 is 0. The molecule has 3 heteroatoms. The Hall–Kier alpha value is -1.90. The third-order valence-corrected chi connectivity index (χ3v) is 4.13. The quantitative estimate of drug-likeness (QED) is 0.831. The molecule has 2 aromatic rings. The molecule has 1 saturated carbocycles. The van der Waals surface area contributed by atoms with Crippen LogP contribution in [0.1, 0.15) is 37.7 Å². The predicted octanol–water partition coefficient (Wildman–Crippen LogP) is 3.56. The molecule has 0 aliphatic heterocycles. The van der Waals surface area contributed by atoms with E-state index in [9.17, 15) is 4.79 Å². The van der Waals surface area contributed by atoms with Crippen molar-refractivity contribution in [3.8, 4) is 5.69 Å². The van der Waals surface area contributed by atoms with Crippen LogP contribution in [0.4, 0.5) is 0 Å². The highest BCUT2D eigenvalue weighted by atomic mass is 16.1. The van der Waals surface area contributed by atoms with E-state index in [0.29, 0.717) is 18.1 Å². The van der Waals surface area contributed by atoms with Gasteiger partial charge in [-0.3, -0.25) is 4.79 Å². The van der Waals surface area contributed by atoms with Gasteiger partial charge in [-0.2, -0.15) is 5.10 Å². The van der Waals surface area contributed by atoms with Gasteiger partial charge in [-0.15, -0.1) is 0 Å². The third kappa shape index (κ3) is 2.98. The molecule has 0 saturated heterocycles. The van der Waals surface area contributed by atoms with Gasteiger partial charge in [0, 0.05) is 18.5 Å². The molecule has 0 bridgehead atoms. The standard InChI is InChI=1S/C17H20N2O/c20-17(15-6-4-5-7-15)11-10-14-12-18-19(13-14)16-8-2-1-3-9-16/h1-3,8-9,12-13,15H,4-7,10-11H2. The summed E-state index contributed by atoms with van der Waals surface area (Å²) in [6.45, 7) is 0. The molecule has 1 aromatic heterocycles. The van der Waals surface area contributed by atoms with E-state index in [1.165, 1.54) is 12.8 Å². The monoisotopic (exact) mass is 268 g/mol. The van der Waals surface area contributed by atoms with E-state index in [4.69, 9.17) is 0 Å². The van der Waals surface area contributed by atoms with Crippen molar-refractivity contribution >= 4 is 5.78 Å². The van der Waals surface area contributed by atoms with E-state index in [-0.39, 0.29) is 0 Å². The molecule has 1 aliphatic carbocycles. The maximum atomic E-state index is 12.1. The van der Waals surface area contributed by atoms with E-state index in [2.05, 4.69) is 5.10 Å². The van der Waals surface area contributed by atoms with Gasteiger partial charge in [-0.1, -0.05) is 31.0 Å². The first-order valence-electron chi connectivity index (χ1n) is 7.44. The minimum Gasteiger partial charge on any atom is -0.299 e. The maximum Gasteiger partial charge on any atom is 0.136 e. The number of aromatic nitrogens is 2. The second kappa shape index (κ2) is 6.04. The summed E-state index contributed by atoms with van der Waals surface area (Å²) in [6, 6.07) is 10.1. The van der Waals surface area contributed by atoms with Crippen LogP contribution < -0.4 is 0 Å². The predicted molar refractivity (Wildman–Crippen MR) is 78.9 cm³/mol. The van der Waals surface area contributed by atoms with Crippen molar-refractivity contribution in [2.45, 2.75) is 38.5 Å². The number of aryl methyl sites for hydroxylation is 1. The molecule has 1 aromatic carbocycles. The second-order valence-corrected chi connectivity index (χ2v) is 5.58. The highest BCUT2D eigenvalue weighted by Crippen LogP contribution is 2.26. The zero-order valence-electron chi connectivity index (χ0n) is 11.7. The average Bonchev–Trinajstić information content (AvgIpc) is 3.17. The minimum atomic E-state index is 0.333. The van der Waals surface area contributed by atoms with Crippen molar-refractivity contribution in [1.29, 1.82) is 0 Å². The van der Waals surface area contributed by atoms with E-state index < -0.39 is 0 Å². The van der Waals surface area contributed by atoms with Crippen LogP contribution in [0.2, 0.25) is 0 Å². The number of benzene rings is 1. The van der Waals surface area contributed by atoms with Crippen LogP contribution in [0, 0.1) is 5.92 Å². The Morgan fingerprint density at radius 2 is 1.95 bits per heavy atom. The second-order valence-electron chi connectivity index (χ2n) is 5.58. The molecule has 1 fully saturated rings. The topological polar surface area (TPSA) is 34.9 Å². The van der Waals surface area contributed by atoms with E-state index >= 15 is 0 Å². The molecule has 0 spiro atoms. The lowest BCUT2D eigenvalue weighted by Crippen LogP contribution is -2.11. The molecule has 104 valence electrons. The fourth-order valence-corrected chi connectivity index (χ4v) is 2.93. The molecule has 0 unspecified atom stereocenters. The van der Waals surface area contributed by atoms with Crippen molar-refractivity contribution < 1.29 is 4.79 Å². The lowest BCUT2D eigenvalue weighted by molar-refractivity contribution is -0.122. The maximum absolute atomic E-state index is 12.1. The van der Waals surface area contributed by atoms with Crippen molar-refractivity contribution in [3.63, 3.8) is 0 Å². The van der Waals surface area contributed by atoms with E-state index in [0.717, 1.165) is 30.5 Å². The van der Waals surface area contributed by atoms with Crippen LogP contribution in [0.25, 0.3) is 5.69 Å². The van der Waals surface area contributed by atoms with Gasteiger partial charge in [0.2, 0.25) is 0 Å². The number of Topliss-reactive ketones (excluding diaryl/α,β-unsaturated/α-hetero) is 1. The average molecular weight is 268 g/mol. The number of hydrogen-bond donors (Lipinski definition) is 0. The zero-order chi connectivity index (χ0) is 13.8. The Morgan fingerprint density at radius 3 is 2.70 bits per heavy atom. The van der Waals surface area contributed by atoms with Crippen molar-refractivity contribution in [1.82, 2.24) is 9.78 Å². The van der Waals surface area contributed by atoms with Crippen molar-refractivity contribution in [2.75, 3.05) is 0 Å². The molecule has 3 nitrogen and oxygen atoms in total. The molecule has 1 heterocycles. The summed E-state index contributed by atoms with van der Waals surface area (Å²) in [5, 5.41) is 4.37. The Morgan fingerprint density at radius 1 is 1.20 bits per heavy atom. The van der Waals surface area contributed by atoms with Gasteiger partial charge in [-0.25, -0.2) is 4.68 Å². The number of ketones is 1. The van der Waals surface area contributed by atoms with Gasteiger partial charge in [-0.05, 0) is 37.0 Å². The number of rotatable bonds is 5. The summed E-state index contributed by atoms with van der Waals surface area (Å²) in [4.78, 5) is 12.1. The molecule has 1 aliphatic rings. The van der Waals surface area contributed by atoms with Crippen LogP contribution in [-0.2, 0) is 11.2 Å². The Balaban J connectivity index is 1.59. The summed E-state index contributed by atoms with van der Waals surface area (Å²) in [5.41, 5.74) is 2.20. The first-order valence-corrected chi connectivity index (χ1v) is 7.44. The zero-order valence-corrected chi connectivity index (χ0v) is 11.7. The van der Waals surface area contributed by atoms with Gasteiger partial charge in [0.15, 0.2) is 0 Å². The first-order chi connectivity index (χ1) is 9.83. The normalized spacial score (nSPS) is 15.6. The van der Waals surface area contributed by atoms with Gasteiger partial charge >= 0.3 is 0 Å². The summed E-state index contributed by atoms with van der Waals surface area (Å²) < 4.78 is 1.87. The smallest absolute Gasteiger partial charge is 0.136 e.